The molecule has 0 aliphatic carbocycles. The van der Waals surface area contributed by atoms with E-state index in [2.05, 4.69) is 20.9 Å². The van der Waals surface area contributed by atoms with E-state index in [1.165, 1.54) is 45.5 Å². The highest BCUT2D eigenvalue weighted by molar-refractivity contribution is 9.10. The molecule has 0 aliphatic heterocycles. The van der Waals surface area contributed by atoms with Gasteiger partial charge in [0.15, 0.2) is 0 Å². The van der Waals surface area contributed by atoms with E-state index in [0.717, 1.165) is 0 Å². The van der Waals surface area contributed by atoms with Gasteiger partial charge in [-0.1, -0.05) is 6.07 Å². The molecule has 0 amide bonds. The number of nitrogens with zero attached hydrogens (tertiary/aromatic N) is 3. The molecule has 5 nitrogen and oxygen atoms in total. The fourth-order valence-corrected chi connectivity index (χ4v) is 3.57. The van der Waals surface area contributed by atoms with E-state index < -0.39 is 11.6 Å². The number of benzene rings is 2. The first kappa shape index (κ1) is 18.4. The quantitative estimate of drug-likeness (QED) is 0.512. The molecule has 0 spiro atoms. The van der Waals surface area contributed by atoms with Crippen molar-refractivity contribution in [3.63, 3.8) is 0 Å². The number of rotatable bonds is 3. The Morgan fingerprint density at radius 3 is 2.39 bits per heavy atom. The molecule has 142 valence electrons. The van der Waals surface area contributed by atoms with Crippen LogP contribution in [-0.2, 0) is 6.54 Å². The third-order valence-corrected chi connectivity index (χ3v) is 5.10. The van der Waals surface area contributed by atoms with Crippen molar-refractivity contribution in [2.75, 3.05) is 0 Å². The van der Waals surface area contributed by atoms with Crippen LogP contribution in [0.3, 0.4) is 0 Å². The molecule has 0 radical (unpaired) electrons. The maximum Gasteiger partial charge on any atom is 0.273 e. The van der Waals surface area contributed by atoms with Gasteiger partial charge in [0.05, 0.1) is 22.4 Å². The van der Waals surface area contributed by atoms with E-state index in [1.54, 1.807) is 19.1 Å². The molecule has 0 saturated heterocycles. The number of hydrogen-bond acceptors (Lipinski definition) is 3. The lowest BCUT2D eigenvalue weighted by molar-refractivity contribution is 0.475. The van der Waals surface area contributed by atoms with E-state index in [0.29, 0.717) is 17.0 Å². The number of aromatic nitrogens is 3. The first-order valence-electron chi connectivity index (χ1n) is 8.37. The molecule has 2 aromatic heterocycles. The van der Waals surface area contributed by atoms with E-state index in [4.69, 9.17) is 0 Å². The van der Waals surface area contributed by atoms with Crippen LogP contribution in [0.25, 0.3) is 17.0 Å². The third kappa shape index (κ3) is 2.99. The molecule has 4 aromatic rings. The van der Waals surface area contributed by atoms with Gasteiger partial charge >= 0.3 is 0 Å². The van der Waals surface area contributed by atoms with Crippen molar-refractivity contribution < 1.29 is 13.9 Å². The fraction of sp³-hybridized carbons (Fsp3) is 0.100. The van der Waals surface area contributed by atoms with Crippen LogP contribution in [0, 0.1) is 18.6 Å². The lowest BCUT2D eigenvalue weighted by Gasteiger charge is -2.11. The highest BCUT2D eigenvalue weighted by Gasteiger charge is 2.18. The number of aryl methyl sites for hydroxylation is 1. The summed E-state index contributed by atoms with van der Waals surface area (Å²) in [6.45, 7) is 1.61. The summed E-state index contributed by atoms with van der Waals surface area (Å²) in [5.41, 5.74) is 1.38. The molecular formula is C20H14BrF2N3O2. The van der Waals surface area contributed by atoms with Crippen molar-refractivity contribution in [3.8, 4) is 17.0 Å². The smallest absolute Gasteiger partial charge is 0.273 e. The summed E-state index contributed by atoms with van der Waals surface area (Å²) in [6, 6.07) is 10.1. The van der Waals surface area contributed by atoms with Crippen LogP contribution in [0.5, 0.6) is 5.75 Å². The second-order valence-corrected chi connectivity index (χ2v) is 7.19. The molecule has 0 saturated carbocycles. The number of imidazole rings is 1. The molecule has 0 bridgehead atoms. The van der Waals surface area contributed by atoms with Crippen molar-refractivity contribution in [2.45, 2.75) is 13.5 Å². The molecule has 2 heterocycles. The second-order valence-electron chi connectivity index (χ2n) is 6.34. The Balaban J connectivity index is 1.95. The Hall–Kier alpha value is -3.00. The first-order chi connectivity index (χ1) is 13.4. The average molecular weight is 446 g/mol. The zero-order valence-electron chi connectivity index (χ0n) is 14.7. The van der Waals surface area contributed by atoms with Gasteiger partial charge in [0, 0.05) is 17.3 Å². The minimum Gasteiger partial charge on any atom is -0.508 e. The number of phenolic OH excluding ortho intramolecular Hbond substituents is 1. The molecule has 28 heavy (non-hydrogen) atoms. The highest BCUT2D eigenvalue weighted by atomic mass is 79.9. The minimum absolute atomic E-state index is 0.113. The summed E-state index contributed by atoms with van der Waals surface area (Å²) >= 11 is 3.22. The molecule has 0 unspecified atom stereocenters. The summed E-state index contributed by atoms with van der Waals surface area (Å²) in [5, 5.41) is 9.50. The number of phenols is 1. The van der Waals surface area contributed by atoms with Crippen LogP contribution in [0.1, 0.15) is 11.3 Å². The predicted octanol–water partition coefficient (Wildman–Crippen LogP) is 4.27. The Morgan fingerprint density at radius 1 is 1.11 bits per heavy atom. The van der Waals surface area contributed by atoms with Crippen molar-refractivity contribution >= 4 is 21.7 Å². The zero-order valence-corrected chi connectivity index (χ0v) is 16.2. The maximum absolute atomic E-state index is 14.1. The molecule has 0 aliphatic rings. The minimum atomic E-state index is -0.671. The van der Waals surface area contributed by atoms with Crippen LogP contribution >= 0.6 is 15.9 Å². The van der Waals surface area contributed by atoms with Crippen molar-refractivity contribution in [1.29, 1.82) is 0 Å². The normalized spacial score (nSPS) is 11.3. The highest BCUT2D eigenvalue weighted by Crippen LogP contribution is 2.26. The second kappa shape index (κ2) is 6.87. The van der Waals surface area contributed by atoms with Gasteiger partial charge in [0.1, 0.15) is 17.4 Å². The number of aromatic hydroxyl groups is 1. The Labute approximate surface area is 166 Å². The molecule has 2 aromatic carbocycles. The molecule has 1 N–H and O–H groups in total. The Kier molecular flexibility index (Phi) is 4.50. The first-order valence-corrected chi connectivity index (χ1v) is 9.16. The van der Waals surface area contributed by atoms with Gasteiger partial charge in [-0.3, -0.25) is 4.79 Å². The van der Waals surface area contributed by atoms with E-state index in [-0.39, 0.29) is 33.7 Å². The monoisotopic (exact) mass is 445 g/mol. The van der Waals surface area contributed by atoms with Crippen molar-refractivity contribution in [3.05, 3.63) is 86.4 Å². The Morgan fingerprint density at radius 2 is 1.75 bits per heavy atom. The molecule has 0 fully saturated rings. The van der Waals surface area contributed by atoms with Crippen LogP contribution in [0.15, 0.2) is 57.9 Å². The molecule has 8 heteroatoms. The Bertz CT molecular complexity index is 1240. The third-order valence-electron chi connectivity index (χ3n) is 4.55. The van der Waals surface area contributed by atoms with E-state index in [9.17, 15) is 18.7 Å². The standard InChI is InChI=1S/C20H14BrF2N3O2/c1-11-18(12-5-7-13(27)8-6-12)24-20-25(10-15(21)19(28)26(11)20)9-14-16(22)3-2-4-17(14)23/h2-8,10,27H,9H2,1H3. The summed E-state index contributed by atoms with van der Waals surface area (Å²) in [4.78, 5) is 17.2. The van der Waals surface area contributed by atoms with Gasteiger partial charge in [-0.2, -0.15) is 0 Å². The van der Waals surface area contributed by atoms with Gasteiger partial charge in [0.25, 0.3) is 5.56 Å². The topological polar surface area (TPSA) is 59.5 Å². The van der Waals surface area contributed by atoms with Crippen LogP contribution in [-0.4, -0.2) is 19.1 Å². The van der Waals surface area contributed by atoms with Crippen LogP contribution < -0.4 is 5.56 Å². The van der Waals surface area contributed by atoms with Gasteiger partial charge in [-0.05, 0) is 59.3 Å². The molecule has 4 rings (SSSR count). The van der Waals surface area contributed by atoms with Gasteiger partial charge < -0.3 is 9.67 Å². The lowest BCUT2D eigenvalue weighted by Crippen LogP contribution is -2.20. The summed E-state index contributed by atoms with van der Waals surface area (Å²) in [6.07, 6.45) is 1.47. The summed E-state index contributed by atoms with van der Waals surface area (Å²) in [7, 11) is 0. The molecule has 0 atom stereocenters. The van der Waals surface area contributed by atoms with Crippen LogP contribution in [0.2, 0.25) is 0 Å². The van der Waals surface area contributed by atoms with Gasteiger partial charge in [-0.15, -0.1) is 0 Å². The molecular weight excluding hydrogens is 432 g/mol. The fourth-order valence-electron chi connectivity index (χ4n) is 3.14. The largest absolute Gasteiger partial charge is 0.508 e. The number of fused-ring (bicyclic) bond motifs is 1. The zero-order chi connectivity index (χ0) is 20.0. The van der Waals surface area contributed by atoms with E-state index >= 15 is 0 Å². The van der Waals surface area contributed by atoms with Crippen LogP contribution in [0.4, 0.5) is 8.78 Å². The SMILES string of the molecule is Cc1c(-c2ccc(O)cc2)nc2n(Cc3c(F)cccc3F)cc(Br)c(=O)n12. The van der Waals surface area contributed by atoms with Crippen molar-refractivity contribution in [1.82, 2.24) is 14.0 Å². The van der Waals surface area contributed by atoms with E-state index in [1.807, 2.05) is 0 Å². The van der Waals surface area contributed by atoms with Gasteiger partial charge in [0.2, 0.25) is 5.78 Å². The predicted molar refractivity (Wildman–Crippen MR) is 104 cm³/mol. The lowest BCUT2D eigenvalue weighted by atomic mass is 10.1. The average Bonchev–Trinajstić information content (AvgIpc) is 3.01. The number of halogens is 3. The summed E-state index contributed by atoms with van der Waals surface area (Å²) in [5.74, 6) is -0.969. The van der Waals surface area contributed by atoms with Gasteiger partial charge in [-0.25, -0.2) is 18.2 Å². The van der Waals surface area contributed by atoms with Crippen molar-refractivity contribution in [2.24, 2.45) is 0 Å². The summed E-state index contributed by atoms with van der Waals surface area (Å²) < 4.78 is 31.4. The maximum atomic E-state index is 14.1. The number of hydrogen-bond donors (Lipinski definition) is 1.